The molecule has 3 N–H and O–H groups in total. The van der Waals surface area contributed by atoms with Gasteiger partial charge in [0, 0.05) is 36.3 Å². The monoisotopic (exact) mass is 436 g/mol. The quantitative estimate of drug-likeness (QED) is 0.611. The van der Waals surface area contributed by atoms with E-state index in [9.17, 15) is 12.8 Å². The van der Waals surface area contributed by atoms with Gasteiger partial charge in [-0.3, -0.25) is 5.10 Å². The van der Waals surface area contributed by atoms with E-state index in [0.29, 0.717) is 30.0 Å². The first-order chi connectivity index (χ1) is 13.8. The van der Waals surface area contributed by atoms with E-state index >= 15 is 0 Å². The summed E-state index contributed by atoms with van der Waals surface area (Å²) in [5.74, 6) is -0.115. The molecular formula is C19H18ClFN4O3S. The van der Waals surface area contributed by atoms with Crippen molar-refractivity contribution in [2.75, 3.05) is 19.4 Å². The van der Waals surface area contributed by atoms with Crippen LogP contribution in [-0.4, -0.2) is 36.6 Å². The van der Waals surface area contributed by atoms with E-state index in [4.69, 9.17) is 22.1 Å². The average Bonchev–Trinajstić information content (AvgIpc) is 3.13. The number of hydrogen-bond donors (Lipinski definition) is 2. The molecule has 0 unspecified atom stereocenters. The highest BCUT2D eigenvalue weighted by atomic mass is 35.5. The van der Waals surface area contributed by atoms with E-state index in [1.807, 2.05) is 0 Å². The lowest BCUT2D eigenvalue weighted by Crippen LogP contribution is -2.35. The zero-order valence-corrected chi connectivity index (χ0v) is 17.0. The predicted molar refractivity (Wildman–Crippen MR) is 108 cm³/mol. The van der Waals surface area contributed by atoms with Crippen LogP contribution in [0.15, 0.2) is 41.3 Å². The van der Waals surface area contributed by atoms with Crippen molar-refractivity contribution >= 4 is 27.3 Å². The van der Waals surface area contributed by atoms with Crippen LogP contribution in [0.5, 0.6) is 5.75 Å². The zero-order valence-electron chi connectivity index (χ0n) is 15.4. The Bertz CT molecular complexity index is 1200. The number of nitrogens with two attached hydrogens (primary N) is 1. The second kappa shape index (κ2) is 7.33. The van der Waals surface area contributed by atoms with Crippen molar-refractivity contribution in [1.29, 1.82) is 0 Å². The summed E-state index contributed by atoms with van der Waals surface area (Å²) < 4.78 is 46.3. The summed E-state index contributed by atoms with van der Waals surface area (Å²) in [6, 6.07) is 8.69. The first-order valence-electron chi connectivity index (χ1n) is 8.76. The van der Waals surface area contributed by atoms with Crippen LogP contribution in [0.4, 0.5) is 10.1 Å². The molecule has 0 bridgehead atoms. The van der Waals surface area contributed by atoms with Gasteiger partial charge in [-0.15, -0.1) is 0 Å². The van der Waals surface area contributed by atoms with E-state index in [1.165, 1.54) is 41.7 Å². The molecule has 0 atom stereocenters. The van der Waals surface area contributed by atoms with Gasteiger partial charge in [-0.2, -0.15) is 9.40 Å². The lowest BCUT2D eigenvalue weighted by molar-refractivity contribution is 0.390. The minimum Gasteiger partial charge on any atom is -0.495 e. The smallest absolute Gasteiger partial charge is 0.243 e. The molecule has 152 valence electrons. The number of nitrogens with one attached hydrogen (secondary N) is 1. The maximum Gasteiger partial charge on any atom is 0.243 e. The molecule has 0 amide bonds. The number of ether oxygens (including phenoxy) is 1. The van der Waals surface area contributed by atoms with Gasteiger partial charge in [0.15, 0.2) is 0 Å². The zero-order chi connectivity index (χ0) is 20.8. The molecule has 2 heterocycles. The molecule has 0 aliphatic carbocycles. The van der Waals surface area contributed by atoms with Crippen LogP contribution in [0, 0.1) is 5.82 Å². The normalized spacial score (nSPS) is 14.6. The van der Waals surface area contributed by atoms with Gasteiger partial charge in [0.1, 0.15) is 11.6 Å². The van der Waals surface area contributed by atoms with Crippen LogP contribution in [0.1, 0.15) is 11.3 Å². The fourth-order valence-electron chi connectivity index (χ4n) is 3.36. The lowest BCUT2D eigenvalue weighted by atomic mass is 10.0. The van der Waals surface area contributed by atoms with Gasteiger partial charge in [0.05, 0.1) is 28.4 Å². The van der Waals surface area contributed by atoms with Gasteiger partial charge in [0.25, 0.3) is 0 Å². The average molecular weight is 437 g/mol. The highest BCUT2D eigenvalue weighted by molar-refractivity contribution is 7.89. The van der Waals surface area contributed by atoms with E-state index in [-0.39, 0.29) is 22.2 Å². The Morgan fingerprint density at radius 1 is 1.28 bits per heavy atom. The molecular weight excluding hydrogens is 419 g/mol. The van der Waals surface area contributed by atoms with Crippen LogP contribution in [0.25, 0.3) is 11.3 Å². The van der Waals surface area contributed by atoms with E-state index in [1.54, 1.807) is 6.07 Å². The number of fused-ring (bicyclic) bond motifs is 1. The maximum absolute atomic E-state index is 13.5. The van der Waals surface area contributed by atoms with Gasteiger partial charge in [0.2, 0.25) is 10.0 Å². The lowest BCUT2D eigenvalue weighted by Gasteiger charge is -2.26. The summed E-state index contributed by atoms with van der Waals surface area (Å²) in [6.45, 7) is 0.427. The number of aromatic nitrogens is 2. The van der Waals surface area contributed by atoms with Crippen LogP contribution in [-0.2, 0) is 23.0 Å². The van der Waals surface area contributed by atoms with Crippen molar-refractivity contribution in [3.8, 4) is 17.0 Å². The van der Waals surface area contributed by atoms with Crippen molar-refractivity contribution in [3.05, 3.63) is 58.5 Å². The van der Waals surface area contributed by atoms with Gasteiger partial charge in [-0.25, -0.2) is 12.8 Å². The summed E-state index contributed by atoms with van der Waals surface area (Å²) in [4.78, 5) is 0.0859. The number of nitrogens with zero attached hydrogens (tertiary/aromatic N) is 2. The molecule has 7 nitrogen and oxygen atoms in total. The number of halogens is 2. The number of methoxy groups -OCH3 is 1. The van der Waals surface area contributed by atoms with Gasteiger partial charge in [-0.1, -0.05) is 11.6 Å². The van der Waals surface area contributed by atoms with Crippen molar-refractivity contribution in [3.63, 3.8) is 0 Å². The Morgan fingerprint density at radius 3 is 2.76 bits per heavy atom. The molecule has 29 heavy (non-hydrogen) atoms. The molecule has 1 aliphatic rings. The maximum atomic E-state index is 13.5. The van der Waals surface area contributed by atoms with Crippen molar-refractivity contribution in [2.24, 2.45) is 0 Å². The topological polar surface area (TPSA) is 101 Å². The van der Waals surface area contributed by atoms with Gasteiger partial charge >= 0.3 is 0 Å². The number of nitrogen functional groups attached to an aromatic ring is 1. The van der Waals surface area contributed by atoms with E-state index < -0.39 is 15.8 Å². The molecule has 3 aromatic rings. The number of benzene rings is 2. The van der Waals surface area contributed by atoms with E-state index in [2.05, 4.69) is 10.2 Å². The molecule has 0 saturated heterocycles. The van der Waals surface area contributed by atoms with Crippen molar-refractivity contribution in [2.45, 2.75) is 17.9 Å². The van der Waals surface area contributed by atoms with Gasteiger partial charge < -0.3 is 10.5 Å². The molecule has 1 aromatic heterocycles. The molecule has 1 aliphatic heterocycles. The van der Waals surface area contributed by atoms with Crippen molar-refractivity contribution < 1.29 is 17.5 Å². The molecule has 0 radical (unpaired) electrons. The highest BCUT2D eigenvalue weighted by Gasteiger charge is 2.31. The number of rotatable bonds is 4. The second-order valence-electron chi connectivity index (χ2n) is 6.65. The fourth-order valence-corrected chi connectivity index (χ4v) is 5.12. The Kier molecular flexibility index (Phi) is 4.97. The minimum absolute atomic E-state index is 0.00686. The number of anilines is 1. The Morgan fingerprint density at radius 2 is 2.07 bits per heavy atom. The van der Waals surface area contributed by atoms with Crippen LogP contribution in [0.2, 0.25) is 5.02 Å². The summed E-state index contributed by atoms with van der Waals surface area (Å²) in [7, 11) is -2.31. The first kappa shape index (κ1) is 19.7. The van der Waals surface area contributed by atoms with E-state index in [0.717, 1.165) is 11.3 Å². The molecule has 0 saturated carbocycles. The summed E-state index contributed by atoms with van der Waals surface area (Å²) in [6.07, 6.45) is 0.474. The van der Waals surface area contributed by atoms with Crippen molar-refractivity contribution in [1.82, 2.24) is 14.5 Å². The molecule has 2 aromatic carbocycles. The minimum atomic E-state index is -3.78. The second-order valence-corrected chi connectivity index (χ2v) is 9.00. The standard InChI is InChI=1S/C19H18ClFN4O3S/c1-28-18-5-3-12(9-14(18)20)29(26,27)25-7-6-17-13(10-25)19(24-23-17)11-2-4-15(21)16(22)8-11/h2-5,8-9H,6-7,10,22H2,1H3,(H,23,24). The predicted octanol–water partition coefficient (Wildman–Crippen LogP) is 3.21. The fraction of sp³-hybridized carbons (Fsp3) is 0.211. The number of sulfonamides is 1. The van der Waals surface area contributed by atoms with Gasteiger partial charge in [-0.05, 0) is 36.4 Å². The Balaban J connectivity index is 1.68. The first-order valence-corrected chi connectivity index (χ1v) is 10.6. The third-order valence-corrected chi connectivity index (χ3v) is 7.07. The summed E-state index contributed by atoms with van der Waals surface area (Å²) in [5.41, 5.74) is 8.44. The Labute approximate surface area is 172 Å². The number of hydrogen-bond acceptors (Lipinski definition) is 5. The third kappa shape index (κ3) is 3.45. The summed E-state index contributed by atoms with van der Waals surface area (Å²) >= 11 is 6.11. The molecule has 10 heteroatoms. The van der Waals surface area contributed by atoms with Crippen LogP contribution < -0.4 is 10.5 Å². The summed E-state index contributed by atoms with van der Waals surface area (Å²) in [5, 5.41) is 7.47. The molecule has 4 rings (SSSR count). The van der Waals surface area contributed by atoms with Crippen LogP contribution >= 0.6 is 11.6 Å². The SMILES string of the molecule is COc1ccc(S(=O)(=O)N2CCc3[nH]nc(-c4ccc(F)c(N)c4)c3C2)cc1Cl. The third-order valence-electron chi connectivity index (χ3n) is 4.93. The molecule has 0 fully saturated rings. The largest absolute Gasteiger partial charge is 0.495 e. The Hall–Kier alpha value is -2.62. The number of H-pyrrole nitrogens is 1. The number of aromatic amines is 1. The highest BCUT2D eigenvalue weighted by Crippen LogP contribution is 2.33. The molecule has 0 spiro atoms. The van der Waals surface area contributed by atoms with Crippen LogP contribution in [0.3, 0.4) is 0 Å².